The van der Waals surface area contributed by atoms with Crippen LogP contribution >= 0.6 is 27.5 Å². The molecule has 3 rings (SSSR count). The van der Waals surface area contributed by atoms with Crippen molar-refractivity contribution in [2.24, 2.45) is 5.92 Å². The largest absolute Gasteiger partial charge is 0.310 e. The van der Waals surface area contributed by atoms with E-state index in [2.05, 4.69) is 33.4 Å². The van der Waals surface area contributed by atoms with E-state index in [1.165, 1.54) is 44.9 Å². The first-order valence-electron chi connectivity index (χ1n) is 8.11. The van der Waals surface area contributed by atoms with Gasteiger partial charge in [-0.15, -0.1) is 0 Å². The zero-order valence-electron chi connectivity index (χ0n) is 12.4. The first-order valence-corrected chi connectivity index (χ1v) is 9.28. The van der Waals surface area contributed by atoms with Gasteiger partial charge in [-0.2, -0.15) is 0 Å². The number of benzene rings is 1. The standard InChI is InChI=1S/C18H23BrClN/c19-16-6-9-18(20)14(11-16)10-15(12-21-17-7-8-17)13-4-2-1-3-5-13/h6,9-11,13,17,21H,1-5,7-8,12H2/b15-10-. The van der Waals surface area contributed by atoms with Crippen molar-refractivity contribution >= 4 is 33.6 Å². The number of halogens is 2. The molecule has 1 N–H and O–H groups in total. The zero-order chi connectivity index (χ0) is 14.7. The van der Waals surface area contributed by atoms with Crippen LogP contribution in [0.3, 0.4) is 0 Å². The molecule has 1 nitrogen and oxygen atoms in total. The molecule has 0 spiro atoms. The topological polar surface area (TPSA) is 12.0 Å². The van der Waals surface area contributed by atoms with Crippen LogP contribution < -0.4 is 5.32 Å². The summed E-state index contributed by atoms with van der Waals surface area (Å²) in [5.41, 5.74) is 2.69. The van der Waals surface area contributed by atoms with E-state index in [4.69, 9.17) is 11.6 Å². The SMILES string of the molecule is Clc1ccc(Br)cc1/C=C(/CNC1CC1)C1CCCCC1. The predicted octanol–water partition coefficient (Wildman–Crippen LogP) is 5.82. The van der Waals surface area contributed by atoms with E-state index >= 15 is 0 Å². The van der Waals surface area contributed by atoms with Crippen molar-refractivity contribution < 1.29 is 0 Å². The highest BCUT2D eigenvalue weighted by atomic mass is 79.9. The lowest BCUT2D eigenvalue weighted by Gasteiger charge is -2.25. The third kappa shape index (κ3) is 4.58. The molecule has 0 unspecified atom stereocenters. The number of nitrogens with one attached hydrogen (secondary N) is 1. The van der Waals surface area contributed by atoms with Gasteiger partial charge in [0.25, 0.3) is 0 Å². The van der Waals surface area contributed by atoms with E-state index in [-0.39, 0.29) is 0 Å². The maximum atomic E-state index is 6.37. The Kier molecular flexibility index (Phi) is 5.42. The minimum absolute atomic E-state index is 0.736. The molecule has 114 valence electrons. The van der Waals surface area contributed by atoms with Crippen LogP contribution in [0.2, 0.25) is 5.02 Å². The normalized spacial score (nSPS) is 20.8. The van der Waals surface area contributed by atoms with Crippen LogP contribution in [0.15, 0.2) is 28.2 Å². The lowest BCUT2D eigenvalue weighted by atomic mass is 9.83. The maximum absolute atomic E-state index is 6.37. The third-order valence-electron chi connectivity index (χ3n) is 4.60. The van der Waals surface area contributed by atoms with E-state index in [9.17, 15) is 0 Å². The van der Waals surface area contributed by atoms with E-state index in [0.29, 0.717) is 0 Å². The quantitative estimate of drug-likeness (QED) is 0.690. The Labute approximate surface area is 141 Å². The van der Waals surface area contributed by atoms with Gasteiger partial charge in [-0.3, -0.25) is 0 Å². The number of hydrogen-bond acceptors (Lipinski definition) is 1. The summed E-state index contributed by atoms with van der Waals surface area (Å²) in [5.74, 6) is 0.736. The van der Waals surface area contributed by atoms with Crippen LogP contribution in [0.25, 0.3) is 6.08 Å². The van der Waals surface area contributed by atoms with Crippen molar-refractivity contribution in [2.45, 2.75) is 51.0 Å². The molecule has 0 aliphatic heterocycles. The van der Waals surface area contributed by atoms with Crippen LogP contribution in [0.5, 0.6) is 0 Å². The molecule has 0 aromatic heterocycles. The van der Waals surface area contributed by atoms with Crippen molar-refractivity contribution in [1.82, 2.24) is 5.32 Å². The average Bonchev–Trinajstić information content (AvgIpc) is 3.32. The lowest BCUT2D eigenvalue weighted by molar-refractivity contribution is 0.396. The van der Waals surface area contributed by atoms with Gasteiger partial charge in [-0.1, -0.05) is 58.4 Å². The molecule has 0 heterocycles. The molecule has 1 aromatic rings. The molecule has 2 aliphatic rings. The molecule has 2 aliphatic carbocycles. The van der Waals surface area contributed by atoms with Gasteiger partial charge in [-0.25, -0.2) is 0 Å². The molecule has 0 bridgehead atoms. The van der Waals surface area contributed by atoms with Gasteiger partial charge in [0.2, 0.25) is 0 Å². The van der Waals surface area contributed by atoms with Crippen LogP contribution in [0.4, 0.5) is 0 Å². The minimum atomic E-state index is 0.736. The molecule has 1 aromatic carbocycles. The van der Waals surface area contributed by atoms with Gasteiger partial charge < -0.3 is 5.32 Å². The minimum Gasteiger partial charge on any atom is -0.310 e. The fourth-order valence-electron chi connectivity index (χ4n) is 3.16. The van der Waals surface area contributed by atoms with Gasteiger partial charge in [0.05, 0.1) is 0 Å². The van der Waals surface area contributed by atoms with E-state index < -0.39 is 0 Å². The summed E-state index contributed by atoms with van der Waals surface area (Å²) in [7, 11) is 0. The van der Waals surface area contributed by atoms with Crippen molar-refractivity contribution in [3.8, 4) is 0 Å². The average molecular weight is 369 g/mol. The second-order valence-corrected chi connectivity index (χ2v) is 7.70. The first kappa shape index (κ1) is 15.6. The highest BCUT2D eigenvalue weighted by Gasteiger charge is 2.23. The molecule has 0 atom stereocenters. The molecular formula is C18H23BrClN. The smallest absolute Gasteiger partial charge is 0.0479 e. The van der Waals surface area contributed by atoms with Crippen LogP contribution in [-0.4, -0.2) is 12.6 Å². The van der Waals surface area contributed by atoms with Gasteiger partial charge in [-0.05, 0) is 55.4 Å². The predicted molar refractivity (Wildman–Crippen MR) is 94.7 cm³/mol. The van der Waals surface area contributed by atoms with Crippen molar-refractivity contribution in [3.63, 3.8) is 0 Å². The Bertz CT molecular complexity index is 516. The molecule has 21 heavy (non-hydrogen) atoms. The summed E-state index contributed by atoms with van der Waals surface area (Å²) in [6, 6.07) is 6.87. The Morgan fingerprint density at radius 1 is 1.19 bits per heavy atom. The molecule has 0 amide bonds. The Morgan fingerprint density at radius 2 is 1.95 bits per heavy atom. The molecule has 2 fully saturated rings. The lowest BCUT2D eigenvalue weighted by Crippen LogP contribution is -2.24. The van der Waals surface area contributed by atoms with E-state index in [0.717, 1.165) is 33.6 Å². The summed E-state index contributed by atoms with van der Waals surface area (Å²) in [6.07, 6.45) is 11.8. The maximum Gasteiger partial charge on any atom is 0.0479 e. The zero-order valence-corrected chi connectivity index (χ0v) is 14.7. The summed E-state index contributed by atoms with van der Waals surface area (Å²) in [4.78, 5) is 0. The highest BCUT2D eigenvalue weighted by molar-refractivity contribution is 9.10. The fraction of sp³-hybridized carbons (Fsp3) is 0.556. The summed E-state index contributed by atoms with van der Waals surface area (Å²) >= 11 is 9.92. The van der Waals surface area contributed by atoms with Crippen LogP contribution in [-0.2, 0) is 0 Å². The summed E-state index contributed by atoms with van der Waals surface area (Å²) < 4.78 is 1.09. The molecule has 0 radical (unpaired) electrons. The highest BCUT2D eigenvalue weighted by Crippen LogP contribution is 2.33. The van der Waals surface area contributed by atoms with Gasteiger partial charge in [0, 0.05) is 22.1 Å². The van der Waals surface area contributed by atoms with Crippen LogP contribution in [0.1, 0.15) is 50.5 Å². The first-order chi connectivity index (χ1) is 10.2. The second kappa shape index (κ2) is 7.30. The molecule has 0 saturated heterocycles. The van der Waals surface area contributed by atoms with Gasteiger partial charge >= 0.3 is 0 Å². The fourth-order valence-corrected chi connectivity index (χ4v) is 3.71. The monoisotopic (exact) mass is 367 g/mol. The van der Waals surface area contributed by atoms with Crippen molar-refractivity contribution in [3.05, 3.63) is 38.8 Å². The van der Waals surface area contributed by atoms with Gasteiger partial charge in [0.1, 0.15) is 0 Å². The Hall–Kier alpha value is -0.310. The van der Waals surface area contributed by atoms with Crippen LogP contribution in [0, 0.1) is 5.92 Å². The van der Waals surface area contributed by atoms with Crippen molar-refractivity contribution in [2.75, 3.05) is 6.54 Å². The Morgan fingerprint density at radius 3 is 2.67 bits per heavy atom. The second-order valence-electron chi connectivity index (χ2n) is 6.38. The number of rotatable bonds is 5. The third-order valence-corrected chi connectivity index (χ3v) is 5.44. The molecular weight excluding hydrogens is 346 g/mol. The van der Waals surface area contributed by atoms with Gasteiger partial charge in [0.15, 0.2) is 0 Å². The van der Waals surface area contributed by atoms with E-state index in [1.807, 2.05) is 12.1 Å². The number of hydrogen-bond donors (Lipinski definition) is 1. The van der Waals surface area contributed by atoms with E-state index in [1.54, 1.807) is 5.57 Å². The molecule has 2 saturated carbocycles. The Balaban J connectivity index is 1.80. The molecule has 3 heteroatoms. The summed E-state index contributed by atoms with van der Waals surface area (Å²) in [6.45, 7) is 1.03. The van der Waals surface area contributed by atoms with Crippen molar-refractivity contribution in [1.29, 1.82) is 0 Å². The summed E-state index contributed by atoms with van der Waals surface area (Å²) in [5, 5.41) is 4.53.